The normalized spacial score (nSPS) is 16.4. The predicted octanol–water partition coefficient (Wildman–Crippen LogP) is 17.0. The van der Waals surface area contributed by atoms with Crippen molar-refractivity contribution in [3.05, 3.63) is 222 Å². The molecule has 0 N–H and O–H groups in total. The number of rotatable bonds is 4. The van der Waals surface area contributed by atoms with Crippen LogP contribution in [0.5, 0.6) is 0 Å². The molecule has 2 atom stereocenters. The van der Waals surface area contributed by atoms with E-state index >= 15 is 0 Å². The molecule has 0 radical (unpaired) electrons. The van der Waals surface area contributed by atoms with E-state index in [-0.39, 0.29) is 0 Å². The van der Waals surface area contributed by atoms with Crippen molar-refractivity contribution < 1.29 is 0 Å². The lowest BCUT2D eigenvalue weighted by Gasteiger charge is -2.38. The van der Waals surface area contributed by atoms with Crippen molar-refractivity contribution in [2.24, 2.45) is 5.92 Å². The van der Waals surface area contributed by atoms with E-state index in [4.69, 9.17) is 0 Å². The van der Waals surface area contributed by atoms with Gasteiger partial charge in [0.2, 0.25) is 0 Å². The summed E-state index contributed by atoms with van der Waals surface area (Å²) >= 11 is 3.84. The minimum absolute atomic E-state index is 0.357. The van der Waals surface area contributed by atoms with E-state index < -0.39 is 0 Å². The highest BCUT2D eigenvalue weighted by atomic mass is 32.1. The summed E-state index contributed by atoms with van der Waals surface area (Å²) in [6.07, 6.45) is 7.13. The predicted molar refractivity (Wildman–Crippen MR) is 261 cm³/mol. The molecule has 13 rings (SSSR count). The molecule has 0 amide bonds. The van der Waals surface area contributed by atoms with Gasteiger partial charge in [-0.1, -0.05) is 176 Å². The molecule has 2 aliphatic carbocycles. The summed E-state index contributed by atoms with van der Waals surface area (Å²) in [5.74, 6) is 0.803. The van der Waals surface area contributed by atoms with Crippen molar-refractivity contribution in [2.75, 3.05) is 0 Å². The van der Waals surface area contributed by atoms with Gasteiger partial charge in [-0.25, -0.2) is 0 Å². The van der Waals surface area contributed by atoms with Crippen LogP contribution in [0.1, 0.15) is 41.0 Å². The quantitative estimate of drug-likeness (QED) is 0.156. The van der Waals surface area contributed by atoms with Gasteiger partial charge in [-0.2, -0.15) is 0 Å². The second kappa shape index (κ2) is 13.5. The van der Waals surface area contributed by atoms with Crippen LogP contribution in [0.2, 0.25) is 0 Å². The fourth-order valence-corrected chi connectivity index (χ4v) is 13.4. The summed E-state index contributed by atoms with van der Waals surface area (Å²) < 4.78 is 5.35. The molecular weight excluding hydrogens is 761 g/mol. The lowest BCUT2D eigenvalue weighted by Crippen LogP contribution is -2.24. The molecule has 9 aromatic carbocycles. The lowest BCUT2D eigenvalue weighted by atomic mass is 9.65. The average molecular weight is 799 g/mol. The molecule has 2 aromatic heterocycles. The Morgan fingerprint density at radius 3 is 1.85 bits per heavy atom. The van der Waals surface area contributed by atoms with Crippen molar-refractivity contribution >= 4 is 90.1 Å². The van der Waals surface area contributed by atoms with Crippen molar-refractivity contribution in [1.82, 2.24) is 0 Å². The lowest BCUT2D eigenvalue weighted by molar-refractivity contribution is 0.496. The highest BCUT2D eigenvalue weighted by Crippen LogP contribution is 2.53. The third kappa shape index (κ3) is 5.02. The third-order valence-corrected chi connectivity index (χ3v) is 15.8. The number of fused-ring (bicyclic) bond motifs is 10. The van der Waals surface area contributed by atoms with E-state index in [1.807, 2.05) is 22.7 Å². The summed E-state index contributed by atoms with van der Waals surface area (Å²) in [6, 6.07) is 68.7. The second-order valence-electron chi connectivity index (χ2n) is 16.5. The van der Waals surface area contributed by atoms with Crippen LogP contribution in [0.3, 0.4) is 0 Å². The largest absolute Gasteiger partial charge is 0.135 e. The van der Waals surface area contributed by atoms with E-state index in [0.717, 1.165) is 12.8 Å². The zero-order valence-electron chi connectivity index (χ0n) is 32.9. The fourth-order valence-electron chi connectivity index (χ4n) is 11.0. The molecule has 0 saturated carbocycles. The third-order valence-electron chi connectivity index (χ3n) is 13.4. The van der Waals surface area contributed by atoms with Crippen LogP contribution in [0, 0.1) is 5.92 Å². The van der Waals surface area contributed by atoms with E-state index in [9.17, 15) is 0 Å². The van der Waals surface area contributed by atoms with Crippen LogP contribution in [-0.4, -0.2) is 0 Å². The summed E-state index contributed by atoms with van der Waals surface area (Å²) in [6.45, 7) is 0. The maximum atomic E-state index is 2.50. The van der Waals surface area contributed by atoms with Gasteiger partial charge < -0.3 is 0 Å². The molecule has 2 unspecified atom stereocenters. The minimum Gasteiger partial charge on any atom is -0.135 e. The second-order valence-corrected chi connectivity index (χ2v) is 18.6. The van der Waals surface area contributed by atoms with Crippen LogP contribution >= 0.6 is 22.7 Å². The van der Waals surface area contributed by atoms with Gasteiger partial charge in [-0.3, -0.25) is 0 Å². The Labute approximate surface area is 357 Å². The Kier molecular flexibility index (Phi) is 7.70. The number of hydrogen-bond acceptors (Lipinski definition) is 2. The zero-order chi connectivity index (χ0) is 39.3. The number of benzene rings is 9. The summed E-state index contributed by atoms with van der Waals surface area (Å²) in [7, 11) is 0. The summed E-state index contributed by atoms with van der Waals surface area (Å²) in [4.78, 5) is 0. The molecule has 0 aliphatic heterocycles. The molecule has 11 aromatic rings. The van der Waals surface area contributed by atoms with Gasteiger partial charge in [0.15, 0.2) is 0 Å². The van der Waals surface area contributed by atoms with E-state index in [1.165, 1.54) is 118 Å². The first kappa shape index (κ1) is 34.3. The first-order chi connectivity index (χ1) is 29.8. The number of allylic oxidation sites excluding steroid dienone is 3. The van der Waals surface area contributed by atoms with E-state index in [0.29, 0.717) is 11.8 Å². The molecule has 0 spiro atoms. The molecule has 0 nitrogen and oxygen atoms in total. The van der Waals surface area contributed by atoms with Crippen molar-refractivity contribution in [2.45, 2.75) is 18.8 Å². The standard InChI is InChI=1S/C58H38S2/c1-2-16-35(17-3-1)53-38-18-4-6-20-40(38)54(41-21-7-5-19-39(41)53)36-32-33-37-46-27-14-29-49(58(46)60-52(37)34-36)56-44-24-10-8-22-42(44)55(43-23-9-11-25-45(43)56)48-28-15-31-51-57(48)47-26-12-13-30-50(47)59-51/h1-4,6-18,20-34,39,53H,5,19H2. The molecule has 0 fully saturated rings. The highest BCUT2D eigenvalue weighted by Gasteiger charge is 2.36. The van der Waals surface area contributed by atoms with Gasteiger partial charge in [-0.15, -0.1) is 22.7 Å². The SMILES string of the molecule is C1=CC2=C(c3ccc4c(c3)sc3c(-c5c6ccccc6c(-c6cccc7sc8ccccc8c67)c6ccccc56)cccc34)c3ccccc3C(c3ccccc3)C2CC1. The Balaban J connectivity index is 1.03. The van der Waals surface area contributed by atoms with Crippen LogP contribution in [0.4, 0.5) is 0 Å². The fraction of sp³-hybridized carbons (Fsp3) is 0.0690. The maximum Gasteiger partial charge on any atom is 0.0434 e. The first-order valence-corrected chi connectivity index (χ1v) is 22.8. The van der Waals surface area contributed by atoms with E-state index in [2.05, 4.69) is 194 Å². The van der Waals surface area contributed by atoms with Crippen LogP contribution in [0.25, 0.3) is 89.7 Å². The molecular formula is C58H38S2. The van der Waals surface area contributed by atoms with Crippen LogP contribution < -0.4 is 0 Å². The van der Waals surface area contributed by atoms with Gasteiger partial charge in [0.05, 0.1) is 0 Å². The molecule has 60 heavy (non-hydrogen) atoms. The van der Waals surface area contributed by atoms with Crippen molar-refractivity contribution in [1.29, 1.82) is 0 Å². The van der Waals surface area contributed by atoms with Crippen LogP contribution in [-0.2, 0) is 0 Å². The van der Waals surface area contributed by atoms with Gasteiger partial charge in [0.25, 0.3) is 0 Å². The Morgan fingerprint density at radius 1 is 0.433 bits per heavy atom. The number of hydrogen-bond donors (Lipinski definition) is 0. The van der Waals surface area contributed by atoms with Gasteiger partial charge in [-0.05, 0) is 109 Å². The minimum atomic E-state index is 0.357. The van der Waals surface area contributed by atoms with Crippen molar-refractivity contribution in [3.63, 3.8) is 0 Å². The average Bonchev–Trinajstić information content (AvgIpc) is 3.89. The molecule has 0 bridgehead atoms. The Morgan fingerprint density at radius 2 is 1.05 bits per heavy atom. The monoisotopic (exact) mass is 798 g/mol. The highest BCUT2D eigenvalue weighted by molar-refractivity contribution is 7.26. The Bertz CT molecular complexity index is 3560. The molecule has 2 heteroatoms. The van der Waals surface area contributed by atoms with Crippen molar-refractivity contribution in [3.8, 4) is 22.3 Å². The topological polar surface area (TPSA) is 0 Å². The molecule has 2 heterocycles. The van der Waals surface area contributed by atoms with Crippen LogP contribution in [0.15, 0.2) is 200 Å². The summed E-state index contributed by atoms with van der Waals surface area (Å²) in [5.41, 5.74) is 13.7. The van der Waals surface area contributed by atoms with E-state index in [1.54, 1.807) is 0 Å². The smallest absolute Gasteiger partial charge is 0.0434 e. The molecule has 2 aliphatic rings. The maximum absolute atomic E-state index is 2.50. The zero-order valence-corrected chi connectivity index (χ0v) is 34.5. The number of thiophene rings is 2. The summed E-state index contributed by atoms with van der Waals surface area (Å²) in [5, 5.41) is 10.5. The van der Waals surface area contributed by atoms with Gasteiger partial charge in [0.1, 0.15) is 0 Å². The Hall–Kier alpha value is -6.58. The van der Waals surface area contributed by atoms with Gasteiger partial charge >= 0.3 is 0 Å². The van der Waals surface area contributed by atoms with Gasteiger partial charge in [0, 0.05) is 51.8 Å². The first-order valence-electron chi connectivity index (χ1n) is 21.2. The molecule has 0 saturated heterocycles. The molecule has 282 valence electrons.